The molecule has 4 heteroatoms. The van der Waals surface area contributed by atoms with Gasteiger partial charge < -0.3 is 9.64 Å². The minimum Gasteiger partial charge on any atom is -0.383 e. The van der Waals surface area contributed by atoms with E-state index in [-0.39, 0.29) is 5.91 Å². The number of nitrogens with zero attached hydrogens (tertiary/aromatic N) is 2. The summed E-state index contributed by atoms with van der Waals surface area (Å²) < 4.78 is 5.09. The summed E-state index contributed by atoms with van der Waals surface area (Å²) in [6, 6.07) is 9.21. The Morgan fingerprint density at radius 2 is 1.91 bits per heavy atom. The van der Waals surface area contributed by atoms with Crippen molar-refractivity contribution in [1.82, 2.24) is 9.80 Å². The summed E-state index contributed by atoms with van der Waals surface area (Å²) in [5, 5.41) is 0. The first kappa shape index (κ1) is 17.0. The van der Waals surface area contributed by atoms with E-state index in [2.05, 4.69) is 43.0 Å². The standard InChI is InChI=1S/C18H28N2O2/c1-15-4-6-17(7-5-15)14-16(2)19-9-8-18(21)20(11-10-19)12-13-22-3/h4-7,16H,8-14H2,1-3H3. The molecule has 0 N–H and O–H groups in total. The lowest BCUT2D eigenvalue weighted by Crippen LogP contribution is -2.39. The Labute approximate surface area is 134 Å². The van der Waals surface area contributed by atoms with E-state index >= 15 is 0 Å². The molecule has 2 rings (SSSR count). The van der Waals surface area contributed by atoms with Gasteiger partial charge in [0.15, 0.2) is 0 Å². The molecule has 1 aromatic rings. The maximum Gasteiger partial charge on any atom is 0.223 e. The van der Waals surface area contributed by atoms with E-state index in [9.17, 15) is 4.79 Å². The average Bonchev–Trinajstić information content (AvgIpc) is 2.69. The Hall–Kier alpha value is -1.39. The van der Waals surface area contributed by atoms with Crippen molar-refractivity contribution in [1.29, 1.82) is 0 Å². The van der Waals surface area contributed by atoms with Gasteiger partial charge in [-0.2, -0.15) is 0 Å². The van der Waals surface area contributed by atoms with E-state index in [1.165, 1.54) is 11.1 Å². The van der Waals surface area contributed by atoms with Gasteiger partial charge in [0, 0.05) is 45.8 Å². The molecule has 0 bridgehead atoms. The second-order valence-electron chi connectivity index (χ2n) is 6.20. The van der Waals surface area contributed by atoms with E-state index in [0.717, 1.165) is 26.1 Å². The van der Waals surface area contributed by atoms with E-state index < -0.39 is 0 Å². The number of benzene rings is 1. The summed E-state index contributed by atoms with van der Waals surface area (Å²) in [6.45, 7) is 8.30. The van der Waals surface area contributed by atoms with Crippen molar-refractivity contribution in [2.24, 2.45) is 0 Å². The maximum absolute atomic E-state index is 12.1. The number of carbonyl (C=O) groups is 1. The number of carbonyl (C=O) groups excluding carboxylic acids is 1. The lowest BCUT2D eigenvalue weighted by atomic mass is 10.0. The zero-order valence-electron chi connectivity index (χ0n) is 14.0. The van der Waals surface area contributed by atoms with Gasteiger partial charge in [-0.1, -0.05) is 29.8 Å². The summed E-state index contributed by atoms with van der Waals surface area (Å²) in [5.74, 6) is 0.252. The lowest BCUT2D eigenvalue weighted by molar-refractivity contribution is -0.130. The number of ether oxygens (including phenoxy) is 1. The Kier molecular flexibility index (Phi) is 6.40. The summed E-state index contributed by atoms with van der Waals surface area (Å²) in [7, 11) is 1.68. The highest BCUT2D eigenvalue weighted by Gasteiger charge is 2.23. The van der Waals surface area contributed by atoms with Crippen LogP contribution in [-0.2, 0) is 16.0 Å². The molecule has 1 unspecified atom stereocenters. The third kappa shape index (κ3) is 4.82. The van der Waals surface area contributed by atoms with Gasteiger partial charge in [0.05, 0.1) is 6.61 Å². The molecule has 1 amide bonds. The number of hydrogen-bond acceptors (Lipinski definition) is 3. The summed E-state index contributed by atoms with van der Waals surface area (Å²) in [5.41, 5.74) is 2.66. The summed E-state index contributed by atoms with van der Waals surface area (Å²) in [4.78, 5) is 16.5. The fraction of sp³-hybridized carbons (Fsp3) is 0.611. The molecule has 0 spiro atoms. The minimum atomic E-state index is 0.252. The van der Waals surface area contributed by atoms with Gasteiger partial charge in [-0.25, -0.2) is 0 Å². The van der Waals surface area contributed by atoms with Gasteiger partial charge in [0.25, 0.3) is 0 Å². The summed E-state index contributed by atoms with van der Waals surface area (Å²) >= 11 is 0. The molecule has 1 aromatic carbocycles. The molecule has 1 heterocycles. The normalized spacial score (nSPS) is 18.3. The monoisotopic (exact) mass is 304 g/mol. The number of hydrogen-bond donors (Lipinski definition) is 0. The smallest absolute Gasteiger partial charge is 0.223 e. The Balaban J connectivity index is 1.89. The van der Waals surface area contributed by atoms with Crippen molar-refractivity contribution in [2.45, 2.75) is 32.7 Å². The maximum atomic E-state index is 12.1. The minimum absolute atomic E-state index is 0.252. The Bertz CT molecular complexity index is 472. The van der Waals surface area contributed by atoms with Crippen LogP contribution in [0.5, 0.6) is 0 Å². The van der Waals surface area contributed by atoms with Crippen LogP contribution in [0.25, 0.3) is 0 Å². The molecule has 1 aliphatic heterocycles. The Morgan fingerprint density at radius 1 is 1.18 bits per heavy atom. The van der Waals surface area contributed by atoms with Crippen LogP contribution in [0.4, 0.5) is 0 Å². The highest BCUT2D eigenvalue weighted by Crippen LogP contribution is 2.13. The molecular formula is C18H28N2O2. The van der Waals surface area contributed by atoms with Gasteiger partial charge in [-0.15, -0.1) is 0 Å². The molecule has 0 radical (unpaired) electrons. The summed E-state index contributed by atoms with van der Waals surface area (Å²) in [6.07, 6.45) is 1.65. The van der Waals surface area contributed by atoms with Gasteiger partial charge in [0.1, 0.15) is 0 Å². The van der Waals surface area contributed by atoms with Crippen molar-refractivity contribution < 1.29 is 9.53 Å². The van der Waals surface area contributed by atoms with Crippen LogP contribution in [0.3, 0.4) is 0 Å². The second-order valence-corrected chi connectivity index (χ2v) is 6.20. The van der Waals surface area contributed by atoms with Crippen LogP contribution in [0.15, 0.2) is 24.3 Å². The quantitative estimate of drug-likeness (QED) is 0.807. The zero-order chi connectivity index (χ0) is 15.9. The first-order valence-electron chi connectivity index (χ1n) is 8.16. The van der Waals surface area contributed by atoms with Crippen LogP contribution in [0.2, 0.25) is 0 Å². The first-order chi connectivity index (χ1) is 10.6. The molecule has 1 fully saturated rings. The number of aryl methyl sites for hydroxylation is 1. The molecule has 22 heavy (non-hydrogen) atoms. The van der Waals surface area contributed by atoms with Crippen molar-refractivity contribution >= 4 is 5.91 Å². The molecular weight excluding hydrogens is 276 g/mol. The molecule has 0 aliphatic carbocycles. The highest BCUT2D eigenvalue weighted by molar-refractivity contribution is 5.76. The lowest BCUT2D eigenvalue weighted by Gasteiger charge is -2.27. The fourth-order valence-electron chi connectivity index (χ4n) is 2.96. The Morgan fingerprint density at radius 3 is 2.59 bits per heavy atom. The number of rotatable bonds is 6. The predicted octanol–water partition coefficient (Wildman–Crippen LogP) is 2.11. The van der Waals surface area contributed by atoms with E-state index in [0.29, 0.717) is 25.6 Å². The van der Waals surface area contributed by atoms with Gasteiger partial charge in [-0.3, -0.25) is 9.69 Å². The third-order valence-electron chi connectivity index (χ3n) is 4.46. The number of amides is 1. The average molecular weight is 304 g/mol. The van der Waals surface area contributed by atoms with Crippen LogP contribution in [0.1, 0.15) is 24.5 Å². The third-order valence-corrected chi connectivity index (χ3v) is 4.46. The molecule has 1 aliphatic rings. The predicted molar refractivity (Wildman–Crippen MR) is 89.0 cm³/mol. The topological polar surface area (TPSA) is 32.8 Å². The van der Waals surface area contributed by atoms with Crippen LogP contribution >= 0.6 is 0 Å². The van der Waals surface area contributed by atoms with Gasteiger partial charge in [-0.05, 0) is 25.8 Å². The van der Waals surface area contributed by atoms with Crippen molar-refractivity contribution in [3.63, 3.8) is 0 Å². The SMILES string of the molecule is COCCN1CCN(C(C)Cc2ccc(C)cc2)CCC1=O. The largest absolute Gasteiger partial charge is 0.383 e. The van der Waals surface area contributed by atoms with Gasteiger partial charge in [0.2, 0.25) is 5.91 Å². The molecule has 4 nitrogen and oxygen atoms in total. The molecule has 122 valence electrons. The van der Waals surface area contributed by atoms with Gasteiger partial charge >= 0.3 is 0 Å². The molecule has 0 saturated carbocycles. The molecule has 0 aromatic heterocycles. The first-order valence-corrected chi connectivity index (χ1v) is 8.16. The van der Waals surface area contributed by atoms with Crippen LogP contribution < -0.4 is 0 Å². The van der Waals surface area contributed by atoms with Crippen molar-refractivity contribution in [3.8, 4) is 0 Å². The van der Waals surface area contributed by atoms with Crippen molar-refractivity contribution in [2.75, 3.05) is 39.9 Å². The van der Waals surface area contributed by atoms with E-state index in [1.807, 2.05) is 4.90 Å². The molecule has 1 saturated heterocycles. The van der Waals surface area contributed by atoms with Crippen LogP contribution in [-0.4, -0.2) is 61.6 Å². The molecule has 1 atom stereocenters. The zero-order valence-corrected chi connectivity index (χ0v) is 14.0. The highest BCUT2D eigenvalue weighted by atomic mass is 16.5. The second kappa shape index (κ2) is 8.30. The van der Waals surface area contributed by atoms with E-state index in [1.54, 1.807) is 7.11 Å². The van der Waals surface area contributed by atoms with Crippen LogP contribution in [0, 0.1) is 6.92 Å². The number of methoxy groups -OCH3 is 1. The van der Waals surface area contributed by atoms with Crippen molar-refractivity contribution in [3.05, 3.63) is 35.4 Å². The van der Waals surface area contributed by atoms with E-state index in [4.69, 9.17) is 4.74 Å². The fourth-order valence-corrected chi connectivity index (χ4v) is 2.96.